The van der Waals surface area contributed by atoms with Crippen molar-refractivity contribution in [3.05, 3.63) is 0 Å². The molecule has 1 rings (SSSR count). The molecule has 1 fully saturated rings. The van der Waals surface area contributed by atoms with E-state index in [1.807, 2.05) is 0 Å². The summed E-state index contributed by atoms with van der Waals surface area (Å²) >= 11 is 0. The molecule has 0 bridgehead atoms. The molecule has 1 aliphatic carbocycles. The summed E-state index contributed by atoms with van der Waals surface area (Å²) in [6.45, 7) is 0.841. The molecule has 100 valence electrons. The van der Waals surface area contributed by atoms with Gasteiger partial charge in [-0.25, -0.2) is 4.79 Å². The molecule has 0 radical (unpaired) electrons. The second-order valence-electron chi connectivity index (χ2n) is 4.59. The van der Waals surface area contributed by atoms with Gasteiger partial charge in [0.25, 0.3) is 0 Å². The van der Waals surface area contributed by atoms with Crippen molar-refractivity contribution in [2.45, 2.75) is 56.8 Å². The van der Waals surface area contributed by atoms with Gasteiger partial charge in [0.15, 0.2) is 0 Å². The second kappa shape index (κ2) is 5.25. The van der Waals surface area contributed by atoms with Crippen LogP contribution in [0.2, 0.25) is 0 Å². The number of carbonyl (C=O) groups is 1. The lowest BCUT2D eigenvalue weighted by molar-refractivity contribution is -0.210. The Labute approximate surface area is 98.7 Å². The summed E-state index contributed by atoms with van der Waals surface area (Å²) in [7, 11) is 0.967. The van der Waals surface area contributed by atoms with Crippen LogP contribution < -0.4 is 5.32 Å². The molecule has 3 nitrogen and oxygen atoms in total. The van der Waals surface area contributed by atoms with Crippen LogP contribution in [0, 0.1) is 0 Å². The van der Waals surface area contributed by atoms with Gasteiger partial charge in [-0.2, -0.15) is 13.2 Å². The van der Waals surface area contributed by atoms with Gasteiger partial charge >= 0.3 is 12.1 Å². The molecule has 1 N–H and O–H groups in total. The SMILES string of the molecule is COC(=O)C(C)(NC1CCCCC1)C(F)(F)F. The van der Waals surface area contributed by atoms with Gasteiger partial charge in [0.1, 0.15) is 0 Å². The molecule has 1 aliphatic rings. The van der Waals surface area contributed by atoms with Crippen LogP contribution in [-0.2, 0) is 9.53 Å². The Morgan fingerprint density at radius 2 is 1.76 bits per heavy atom. The molecular weight excluding hydrogens is 235 g/mol. The van der Waals surface area contributed by atoms with E-state index >= 15 is 0 Å². The van der Waals surface area contributed by atoms with Gasteiger partial charge in [-0.15, -0.1) is 0 Å². The fourth-order valence-corrected chi connectivity index (χ4v) is 2.12. The Bertz CT molecular complexity index is 274. The molecule has 1 atom stereocenters. The number of rotatable bonds is 3. The summed E-state index contributed by atoms with van der Waals surface area (Å²) < 4.78 is 43.1. The van der Waals surface area contributed by atoms with Crippen LogP contribution in [0.1, 0.15) is 39.0 Å². The average molecular weight is 253 g/mol. The molecule has 0 saturated heterocycles. The molecule has 0 heterocycles. The number of methoxy groups -OCH3 is 1. The number of halogens is 3. The first-order chi connectivity index (χ1) is 7.81. The zero-order valence-electron chi connectivity index (χ0n) is 10.1. The predicted octanol–water partition coefficient (Wildman–Crippen LogP) is 2.40. The summed E-state index contributed by atoms with van der Waals surface area (Å²) in [4.78, 5) is 11.3. The van der Waals surface area contributed by atoms with Gasteiger partial charge < -0.3 is 4.74 Å². The lowest BCUT2D eigenvalue weighted by Crippen LogP contribution is -2.63. The third-order valence-electron chi connectivity index (χ3n) is 3.26. The lowest BCUT2D eigenvalue weighted by atomic mass is 9.91. The average Bonchev–Trinajstić information content (AvgIpc) is 2.27. The van der Waals surface area contributed by atoms with E-state index in [1.54, 1.807) is 0 Å². The van der Waals surface area contributed by atoms with Crippen LogP contribution in [0.3, 0.4) is 0 Å². The van der Waals surface area contributed by atoms with E-state index in [2.05, 4.69) is 10.1 Å². The quantitative estimate of drug-likeness (QED) is 0.785. The van der Waals surface area contributed by atoms with Crippen LogP contribution in [-0.4, -0.2) is 30.8 Å². The first-order valence-electron chi connectivity index (χ1n) is 5.74. The van der Waals surface area contributed by atoms with Crippen LogP contribution >= 0.6 is 0 Å². The first kappa shape index (κ1) is 14.3. The number of nitrogens with one attached hydrogen (secondary N) is 1. The van der Waals surface area contributed by atoms with Crippen molar-refractivity contribution < 1.29 is 22.7 Å². The lowest BCUT2D eigenvalue weighted by Gasteiger charge is -2.35. The molecule has 0 aliphatic heterocycles. The van der Waals surface area contributed by atoms with Crippen molar-refractivity contribution in [1.29, 1.82) is 0 Å². The molecule has 0 aromatic heterocycles. The fraction of sp³-hybridized carbons (Fsp3) is 0.909. The Balaban J connectivity index is 2.79. The van der Waals surface area contributed by atoms with Crippen LogP contribution in [0.25, 0.3) is 0 Å². The maximum atomic E-state index is 12.9. The van der Waals surface area contributed by atoms with Gasteiger partial charge in [0.2, 0.25) is 5.54 Å². The minimum Gasteiger partial charge on any atom is -0.467 e. The highest BCUT2D eigenvalue weighted by Crippen LogP contribution is 2.33. The van der Waals surface area contributed by atoms with Crippen LogP contribution in [0.4, 0.5) is 13.2 Å². The third-order valence-corrected chi connectivity index (χ3v) is 3.26. The van der Waals surface area contributed by atoms with Gasteiger partial charge in [-0.3, -0.25) is 5.32 Å². The molecule has 6 heteroatoms. The van der Waals surface area contributed by atoms with Gasteiger partial charge in [-0.1, -0.05) is 19.3 Å². The Morgan fingerprint density at radius 1 is 1.24 bits per heavy atom. The van der Waals surface area contributed by atoms with E-state index < -0.39 is 17.7 Å². The minimum absolute atomic E-state index is 0.269. The largest absolute Gasteiger partial charge is 0.467 e. The van der Waals surface area contributed by atoms with Crippen molar-refractivity contribution >= 4 is 5.97 Å². The minimum atomic E-state index is -4.66. The molecule has 1 saturated carbocycles. The highest BCUT2D eigenvalue weighted by atomic mass is 19.4. The summed E-state index contributed by atoms with van der Waals surface area (Å²) in [5.74, 6) is -1.28. The Morgan fingerprint density at radius 3 is 2.18 bits per heavy atom. The Kier molecular flexibility index (Phi) is 4.41. The predicted molar refractivity (Wildman–Crippen MR) is 56.5 cm³/mol. The van der Waals surface area contributed by atoms with E-state index in [-0.39, 0.29) is 6.04 Å². The Hall–Kier alpha value is -0.780. The van der Waals surface area contributed by atoms with Gasteiger partial charge in [0.05, 0.1) is 7.11 Å². The zero-order valence-corrected chi connectivity index (χ0v) is 10.1. The molecule has 17 heavy (non-hydrogen) atoms. The summed E-state index contributed by atoms with van der Waals surface area (Å²) in [6.07, 6.45) is -0.485. The first-order valence-corrected chi connectivity index (χ1v) is 5.74. The molecule has 0 spiro atoms. The second-order valence-corrected chi connectivity index (χ2v) is 4.59. The topological polar surface area (TPSA) is 38.3 Å². The van der Waals surface area contributed by atoms with Gasteiger partial charge in [-0.05, 0) is 19.8 Å². The van der Waals surface area contributed by atoms with E-state index in [0.29, 0.717) is 12.8 Å². The zero-order chi connectivity index (χ0) is 13.1. The number of carbonyl (C=O) groups excluding carboxylic acids is 1. The van der Waals surface area contributed by atoms with Crippen molar-refractivity contribution in [2.24, 2.45) is 0 Å². The number of ether oxygens (including phenoxy) is 1. The van der Waals surface area contributed by atoms with Crippen molar-refractivity contribution in [3.8, 4) is 0 Å². The summed E-state index contributed by atoms with van der Waals surface area (Å²) in [5.41, 5.74) is -2.61. The van der Waals surface area contributed by atoms with E-state index in [4.69, 9.17) is 0 Å². The summed E-state index contributed by atoms with van der Waals surface area (Å²) in [5, 5.41) is 2.42. The van der Waals surface area contributed by atoms with Crippen molar-refractivity contribution in [1.82, 2.24) is 5.32 Å². The highest BCUT2D eigenvalue weighted by Gasteiger charge is 2.58. The monoisotopic (exact) mass is 253 g/mol. The maximum Gasteiger partial charge on any atom is 0.417 e. The fourth-order valence-electron chi connectivity index (χ4n) is 2.12. The molecule has 0 aromatic carbocycles. The standard InChI is InChI=1S/C11H18F3NO2/c1-10(9(16)17-2,11(12,13)14)15-8-6-4-3-5-7-8/h8,15H,3-7H2,1-2H3. The highest BCUT2D eigenvalue weighted by molar-refractivity contribution is 5.81. The molecule has 1 unspecified atom stereocenters. The van der Waals surface area contributed by atoms with Crippen molar-refractivity contribution in [3.63, 3.8) is 0 Å². The smallest absolute Gasteiger partial charge is 0.417 e. The van der Waals surface area contributed by atoms with Gasteiger partial charge in [0, 0.05) is 6.04 Å². The third kappa shape index (κ3) is 3.12. The molecule has 0 aromatic rings. The van der Waals surface area contributed by atoms with Crippen LogP contribution in [0.5, 0.6) is 0 Å². The maximum absolute atomic E-state index is 12.9. The normalized spacial score (nSPS) is 21.9. The number of alkyl halides is 3. The number of hydrogen-bond acceptors (Lipinski definition) is 3. The molecule has 0 amide bonds. The summed E-state index contributed by atoms with van der Waals surface area (Å²) in [6, 6.07) is -0.269. The van der Waals surface area contributed by atoms with E-state index in [9.17, 15) is 18.0 Å². The van der Waals surface area contributed by atoms with Crippen LogP contribution in [0.15, 0.2) is 0 Å². The van der Waals surface area contributed by atoms with E-state index in [0.717, 1.165) is 33.3 Å². The van der Waals surface area contributed by atoms with E-state index in [1.165, 1.54) is 0 Å². The number of esters is 1. The number of hydrogen-bond donors (Lipinski definition) is 1. The van der Waals surface area contributed by atoms with Crippen molar-refractivity contribution in [2.75, 3.05) is 7.11 Å². The molecular formula is C11H18F3NO2.